The van der Waals surface area contributed by atoms with E-state index in [0.29, 0.717) is 34.5 Å². The molecule has 0 spiro atoms. The van der Waals surface area contributed by atoms with Gasteiger partial charge in [-0.2, -0.15) is 0 Å². The van der Waals surface area contributed by atoms with Crippen molar-refractivity contribution in [1.82, 2.24) is 0 Å². The van der Waals surface area contributed by atoms with Gasteiger partial charge in [0.1, 0.15) is 24.4 Å². The van der Waals surface area contributed by atoms with Gasteiger partial charge in [-0.25, -0.2) is 0 Å². The van der Waals surface area contributed by atoms with E-state index in [1.54, 1.807) is 5.57 Å². The molecule has 0 amide bonds. The van der Waals surface area contributed by atoms with Gasteiger partial charge in [0, 0.05) is 0 Å². The molecule has 6 heteroatoms. The molecule has 14 atom stereocenters. The number of fused-ring (bicyclic) bond motifs is 7. The molecule has 0 aromatic heterocycles. The van der Waals surface area contributed by atoms with Crippen molar-refractivity contribution in [3.63, 3.8) is 0 Å². The zero-order valence-corrected chi connectivity index (χ0v) is 27.0. The van der Waals surface area contributed by atoms with E-state index < -0.39 is 37.3 Å². The molecule has 42 heavy (non-hydrogen) atoms. The molecule has 0 aromatic carbocycles. The summed E-state index contributed by atoms with van der Waals surface area (Å²) in [6, 6.07) is 0. The van der Waals surface area contributed by atoms with Crippen molar-refractivity contribution < 1.29 is 29.9 Å². The lowest BCUT2D eigenvalue weighted by molar-refractivity contribution is -0.331. The van der Waals surface area contributed by atoms with Crippen LogP contribution in [0, 0.1) is 51.2 Å². The van der Waals surface area contributed by atoms with E-state index in [2.05, 4.69) is 54.2 Å². The van der Waals surface area contributed by atoms with E-state index in [1.165, 1.54) is 56.9 Å². The fourth-order valence-electron chi connectivity index (χ4n) is 12.4. The Kier molecular flexibility index (Phi) is 7.93. The van der Waals surface area contributed by atoms with Gasteiger partial charge < -0.3 is 29.9 Å². The fraction of sp³-hybridized carbons (Fsp3) is 0.889. The van der Waals surface area contributed by atoms with Crippen molar-refractivity contribution in [2.24, 2.45) is 51.2 Å². The summed E-state index contributed by atoms with van der Waals surface area (Å²) in [5.74, 6) is 3.19. The summed E-state index contributed by atoms with van der Waals surface area (Å²) in [5.41, 5.74) is 3.80. The number of rotatable bonds is 4. The predicted octanol–water partition coefficient (Wildman–Crippen LogP) is 5.77. The van der Waals surface area contributed by atoms with Gasteiger partial charge in [-0.3, -0.25) is 0 Å². The quantitative estimate of drug-likeness (QED) is 0.247. The average Bonchev–Trinajstić information content (AvgIpc) is 2.94. The van der Waals surface area contributed by atoms with Crippen LogP contribution < -0.4 is 0 Å². The van der Waals surface area contributed by atoms with Crippen LogP contribution >= 0.6 is 0 Å². The molecule has 4 saturated carbocycles. The van der Waals surface area contributed by atoms with Gasteiger partial charge in [0.25, 0.3) is 0 Å². The second kappa shape index (κ2) is 10.7. The van der Waals surface area contributed by atoms with Gasteiger partial charge in [0.05, 0.1) is 12.7 Å². The molecule has 6 nitrogen and oxygen atoms in total. The fourth-order valence-corrected chi connectivity index (χ4v) is 12.4. The minimum atomic E-state index is -1.41. The first-order valence-electron chi connectivity index (χ1n) is 17.0. The second-order valence-electron chi connectivity index (χ2n) is 16.7. The molecule has 6 rings (SSSR count). The first-order chi connectivity index (χ1) is 19.7. The van der Waals surface area contributed by atoms with Crippen molar-refractivity contribution in [3.05, 3.63) is 23.8 Å². The maximum Gasteiger partial charge on any atom is 0.186 e. The number of allylic oxidation sites excluding steroid dienone is 3. The molecule has 5 fully saturated rings. The van der Waals surface area contributed by atoms with Crippen molar-refractivity contribution in [2.45, 2.75) is 143 Å². The lowest BCUT2D eigenvalue weighted by Crippen LogP contribution is -2.66. The van der Waals surface area contributed by atoms with Gasteiger partial charge in [0.2, 0.25) is 0 Å². The molecule has 1 aliphatic heterocycles. The van der Waals surface area contributed by atoms with Crippen molar-refractivity contribution >= 4 is 0 Å². The number of aliphatic hydroxyl groups is 4. The molecular formula is C36H58O6. The highest BCUT2D eigenvalue weighted by Gasteiger charge is 2.68. The van der Waals surface area contributed by atoms with Gasteiger partial charge in [-0.15, -0.1) is 0 Å². The third-order valence-electron chi connectivity index (χ3n) is 14.8. The van der Waals surface area contributed by atoms with E-state index in [1.807, 2.05) is 0 Å². The van der Waals surface area contributed by atoms with Crippen LogP contribution in [0.25, 0.3) is 0 Å². The van der Waals surface area contributed by atoms with E-state index in [0.717, 1.165) is 18.8 Å². The molecular weight excluding hydrogens is 528 g/mol. The third kappa shape index (κ3) is 4.32. The standard InChI is InChI=1S/C36H58O6/c1-20(2)22-10-8-9-21-13-17-35(6)23(28(21)22)11-12-26-34(5)16-15-27(33(3,4)25(34)14-18-36(26,35)7)42-32-31(40)30(39)29(38)24(19-37)41-32/h9,22-32,37-40H,1,8,10-19H2,2-7H3/t22-,23+,24+,25-,26+,27-,28+,29+,30-,31-,32+,34-,35+,36+/m0/s1. The Morgan fingerprint density at radius 2 is 1.64 bits per heavy atom. The van der Waals surface area contributed by atoms with Crippen LogP contribution in [0.15, 0.2) is 23.8 Å². The minimum Gasteiger partial charge on any atom is -0.394 e. The molecule has 1 heterocycles. The van der Waals surface area contributed by atoms with Crippen LogP contribution in [0.1, 0.15) is 106 Å². The zero-order chi connectivity index (χ0) is 30.4. The molecule has 0 radical (unpaired) electrons. The maximum atomic E-state index is 10.7. The van der Waals surface area contributed by atoms with Crippen molar-refractivity contribution in [2.75, 3.05) is 6.61 Å². The molecule has 0 aromatic rings. The zero-order valence-electron chi connectivity index (χ0n) is 27.0. The largest absolute Gasteiger partial charge is 0.394 e. The summed E-state index contributed by atoms with van der Waals surface area (Å²) < 4.78 is 12.3. The molecule has 1 saturated heterocycles. The van der Waals surface area contributed by atoms with E-state index in [-0.39, 0.29) is 16.9 Å². The highest BCUT2D eigenvalue weighted by atomic mass is 16.7. The molecule has 238 valence electrons. The number of hydrogen-bond acceptors (Lipinski definition) is 6. The Hall–Kier alpha value is -0.760. The second-order valence-corrected chi connectivity index (χ2v) is 16.7. The molecule has 4 N–H and O–H groups in total. The Morgan fingerprint density at radius 1 is 0.905 bits per heavy atom. The highest BCUT2D eigenvalue weighted by molar-refractivity contribution is 5.27. The smallest absolute Gasteiger partial charge is 0.186 e. The maximum absolute atomic E-state index is 10.7. The van der Waals surface area contributed by atoms with E-state index in [4.69, 9.17) is 9.47 Å². The third-order valence-corrected chi connectivity index (χ3v) is 14.8. The van der Waals surface area contributed by atoms with Crippen molar-refractivity contribution in [1.29, 1.82) is 0 Å². The summed E-state index contributed by atoms with van der Waals surface area (Å²) in [5, 5.41) is 41.0. The summed E-state index contributed by atoms with van der Waals surface area (Å²) in [7, 11) is 0. The first-order valence-corrected chi connectivity index (χ1v) is 17.0. The summed E-state index contributed by atoms with van der Waals surface area (Å²) in [6.45, 7) is 18.9. The van der Waals surface area contributed by atoms with Crippen LogP contribution in [0.2, 0.25) is 0 Å². The Labute approximate surface area is 254 Å². The molecule has 0 bridgehead atoms. The summed E-state index contributed by atoms with van der Waals surface area (Å²) >= 11 is 0. The SMILES string of the molecule is C=C(C)[C@@H]1CCC=C2CC[C@]3(C)[C@H](CC[C@@H]4[C@@]5(C)CC[C@H](O[C@H]6O[C@H](CO)[C@@H](O)[C@H](O)[C@@H]6O)C(C)(C)[C@@H]5CC[C@]43C)[C@H]21. The molecule has 5 aliphatic carbocycles. The lowest BCUT2D eigenvalue weighted by Gasteiger charge is -2.72. The van der Waals surface area contributed by atoms with Crippen LogP contribution in [0.3, 0.4) is 0 Å². The van der Waals surface area contributed by atoms with Gasteiger partial charge in [-0.05, 0) is 122 Å². The number of aliphatic hydroxyl groups excluding tert-OH is 4. The monoisotopic (exact) mass is 586 g/mol. The van der Waals surface area contributed by atoms with Gasteiger partial charge >= 0.3 is 0 Å². The predicted molar refractivity (Wildman–Crippen MR) is 163 cm³/mol. The summed E-state index contributed by atoms with van der Waals surface area (Å²) in [6.07, 6.45) is 8.30. The van der Waals surface area contributed by atoms with Crippen LogP contribution in [-0.4, -0.2) is 63.8 Å². The lowest BCUT2D eigenvalue weighted by atomic mass is 9.33. The summed E-state index contributed by atoms with van der Waals surface area (Å²) in [4.78, 5) is 0. The molecule has 6 aliphatic rings. The van der Waals surface area contributed by atoms with Gasteiger partial charge in [-0.1, -0.05) is 58.4 Å². The average molecular weight is 587 g/mol. The normalized spacial score (nSPS) is 53.6. The van der Waals surface area contributed by atoms with Crippen LogP contribution in [0.4, 0.5) is 0 Å². The topological polar surface area (TPSA) is 99.4 Å². The van der Waals surface area contributed by atoms with Crippen LogP contribution in [0.5, 0.6) is 0 Å². The Bertz CT molecular complexity index is 1080. The first kappa shape index (κ1) is 31.2. The molecule has 0 unspecified atom stereocenters. The number of ether oxygens (including phenoxy) is 2. The number of hydrogen-bond donors (Lipinski definition) is 4. The highest BCUT2D eigenvalue weighted by Crippen LogP contribution is 2.75. The Balaban J connectivity index is 1.25. The van der Waals surface area contributed by atoms with Gasteiger partial charge in [0.15, 0.2) is 6.29 Å². The Morgan fingerprint density at radius 3 is 2.33 bits per heavy atom. The van der Waals surface area contributed by atoms with Crippen molar-refractivity contribution in [3.8, 4) is 0 Å². The van der Waals surface area contributed by atoms with E-state index >= 15 is 0 Å². The van der Waals surface area contributed by atoms with Crippen LogP contribution in [-0.2, 0) is 9.47 Å². The van der Waals surface area contributed by atoms with E-state index in [9.17, 15) is 20.4 Å². The minimum absolute atomic E-state index is 0.144.